The standard InChI is InChI=1S/C18H22ClF2NO3/c1-18(2,3)25-17(24)22-10-12(20)9-14(22)15(23)8-7-11-5-4-6-13(19)16(11)21/h4-6,12,14H,7-10H2,1-3H3/t12-,14+/m1/s1. The molecule has 1 aliphatic rings. The lowest BCUT2D eigenvalue weighted by Crippen LogP contribution is -2.43. The van der Waals surface area contributed by atoms with Crippen LogP contribution in [0.1, 0.15) is 39.2 Å². The molecule has 1 aromatic carbocycles. The molecule has 4 nitrogen and oxygen atoms in total. The minimum Gasteiger partial charge on any atom is -0.444 e. The number of benzene rings is 1. The predicted molar refractivity (Wildman–Crippen MR) is 91.0 cm³/mol. The van der Waals surface area contributed by atoms with Gasteiger partial charge >= 0.3 is 6.09 Å². The fraction of sp³-hybridized carbons (Fsp3) is 0.556. The molecule has 0 radical (unpaired) electrons. The Morgan fingerprint density at radius 3 is 2.68 bits per heavy atom. The maximum absolute atomic E-state index is 13.9. The maximum atomic E-state index is 13.9. The average Bonchev–Trinajstić information content (AvgIpc) is 2.89. The van der Waals surface area contributed by atoms with E-state index in [1.165, 1.54) is 6.07 Å². The van der Waals surface area contributed by atoms with Crippen molar-refractivity contribution in [2.24, 2.45) is 0 Å². The van der Waals surface area contributed by atoms with E-state index in [1.807, 2.05) is 0 Å². The van der Waals surface area contributed by atoms with Crippen LogP contribution in [0.5, 0.6) is 0 Å². The number of hydrogen-bond acceptors (Lipinski definition) is 3. The lowest BCUT2D eigenvalue weighted by Gasteiger charge is -2.27. The molecule has 0 spiro atoms. The third-order valence-electron chi connectivity index (χ3n) is 3.92. The highest BCUT2D eigenvalue weighted by Crippen LogP contribution is 2.26. The van der Waals surface area contributed by atoms with Crippen molar-refractivity contribution in [1.82, 2.24) is 4.90 Å². The molecule has 1 heterocycles. The second kappa shape index (κ2) is 7.68. The molecule has 25 heavy (non-hydrogen) atoms. The van der Waals surface area contributed by atoms with Crippen LogP contribution in [0.2, 0.25) is 5.02 Å². The topological polar surface area (TPSA) is 46.6 Å². The van der Waals surface area contributed by atoms with Crippen LogP contribution in [0.25, 0.3) is 0 Å². The summed E-state index contributed by atoms with van der Waals surface area (Å²) in [6.45, 7) is 4.93. The van der Waals surface area contributed by atoms with Crippen LogP contribution in [0.4, 0.5) is 13.6 Å². The first-order chi connectivity index (χ1) is 11.6. The van der Waals surface area contributed by atoms with Crippen molar-refractivity contribution in [3.8, 4) is 0 Å². The molecule has 138 valence electrons. The normalized spacial score (nSPS) is 20.6. The van der Waals surface area contributed by atoms with Crippen molar-refractivity contribution in [2.75, 3.05) is 6.54 Å². The summed E-state index contributed by atoms with van der Waals surface area (Å²) in [7, 11) is 0. The van der Waals surface area contributed by atoms with E-state index in [2.05, 4.69) is 0 Å². The molecule has 1 aliphatic heterocycles. The number of nitrogens with zero attached hydrogens (tertiary/aromatic N) is 1. The zero-order valence-electron chi connectivity index (χ0n) is 14.5. The first-order valence-electron chi connectivity index (χ1n) is 8.18. The second-order valence-corrected chi connectivity index (χ2v) is 7.57. The molecule has 0 aromatic heterocycles. The number of hydrogen-bond donors (Lipinski definition) is 0. The van der Waals surface area contributed by atoms with E-state index in [0.717, 1.165) is 4.90 Å². The molecule has 0 bridgehead atoms. The fourth-order valence-corrected chi connectivity index (χ4v) is 2.97. The van der Waals surface area contributed by atoms with Crippen LogP contribution in [0, 0.1) is 5.82 Å². The molecule has 1 fully saturated rings. The Bertz CT molecular complexity index is 660. The number of aryl methyl sites for hydroxylation is 1. The van der Waals surface area contributed by atoms with Crippen molar-refractivity contribution >= 4 is 23.5 Å². The number of halogens is 3. The van der Waals surface area contributed by atoms with E-state index in [4.69, 9.17) is 16.3 Å². The third-order valence-corrected chi connectivity index (χ3v) is 4.21. The smallest absolute Gasteiger partial charge is 0.411 e. The van der Waals surface area contributed by atoms with E-state index >= 15 is 0 Å². The van der Waals surface area contributed by atoms with E-state index in [1.54, 1.807) is 32.9 Å². The van der Waals surface area contributed by atoms with Gasteiger partial charge in [0.25, 0.3) is 0 Å². The number of amides is 1. The number of alkyl halides is 1. The van der Waals surface area contributed by atoms with Crippen molar-refractivity contribution in [2.45, 2.75) is 57.8 Å². The largest absolute Gasteiger partial charge is 0.444 e. The minimum atomic E-state index is -1.27. The molecule has 2 atom stereocenters. The van der Waals surface area contributed by atoms with Gasteiger partial charge in [-0.3, -0.25) is 9.69 Å². The van der Waals surface area contributed by atoms with Crippen LogP contribution in [-0.2, 0) is 16.0 Å². The summed E-state index contributed by atoms with van der Waals surface area (Å²) in [6.07, 6.45) is -1.91. The van der Waals surface area contributed by atoms with Gasteiger partial charge in [-0.2, -0.15) is 0 Å². The van der Waals surface area contributed by atoms with Crippen LogP contribution in [-0.4, -0.2) is 41.1 Å². The van der Waals surface area contributed by atoms with Crippen LogP contribution < -0.4 is 0 Å². The zero-order chi connectivity index (χ0) is 18.8. The van der Waals surface area contributed by atoms with Gasteiger partial charge in [0.05, 0.1) is 17.6 Å². The number of likely N-dealkylation sites (tertiary alicyclic amines) is 1. The van der Waals surface area contributed by atoms with Crippen molar-refractivity contribution in [3.05, 3.63) is 34.6 Å². The van der Waals surface area contributed by atoms with Crippen molar-refractivity contribution in [1.29, 1.82) is 0 Å². The zero-order valence-corrected chi connectivity index (χ0v) is 15.3. The minimum absolute atomic E-state index is 0.00601. The van der Waals surface area contributed by atoms with E-state index in [0.29, 0.717) is 5.56 Å². The summed E-state index contributed by atoms with van der Waals surface area (Å²) in [6, 6.07) is 3.70. The molecular weight excluding hydrogens is 352 g/mol. The Balaban J connectivity index is 2.03. The Morgan fingerprint density at radius 2 is 2.04 bits per heavy atom. The lowest BCUT2D eigenvalue weighted by molar-refractivity contribution is -0.123. The summed E-state index contributed by atoms with van der Waals surface area (Å²) in [4.78, 5) is 25.8. The molecule has 1 aromatic rings. The first-order valence-corrected chi connectivity index (χ1v) is 8.55. The molecule has 2 rings (SSSR count). The molecule has 0 saturated carbocycles. The molecule has 1 saturated heterocycles. The molecule has 1 amide bonds. The summed E-state index contributed by atoms with van der Waals surface area (Å²) in [5, 5.41) is -0.00924. The van der Waals surface area contributed by atoms with Crippen molar-refractivity contribution in [3.63, 3.8) is 0 Å². The molecule has 0 aliphatic carbocycles. The van der Waals surface area contributed by atoms with Gasteiger partial charge in [-0.1, -0.05) is 23.7 Å². The fourth-order valence-electron chi connectivity index (χ4n) is 2.78. The highest BCUT2D eigenvalue weighted by molar-refractivity contribution is 6.30. The van der Waals surface area contributed by atoms with Gasteiger partial charge in [0.1, 0.15) is 17.6 Å². The van der Waals surface area contributed by atoms with Gasteiger partial charge in [-0.15, -0.1) is 0 Å². The van der Waals surface area contributed by atoms with E-state index < -0.39 is 29.7 Å². The van der Waals surface area contributed by atoms with E-state index in [9.17, 15) is 18.4 Å². The van der Waals surface area contributed by atoms with Gasteiger partial charge in [0.2, 0.25) is 0 Å². The summed E-state index contributed by atoms with van der Waals surface area (Å²) < 4.78 is 32.9. The number of carbonyl (C=O) groups excluding carboxylic acids is 2. The molecular formula is C18H22ClF2NO3. The van der Waals surface area contributed by atoms with Gasteiger partial charge in [0.15, 0.2) is 5.78 Å². The van der Waals surface area contributed by atoms with Gasteiger partial charge in [0, 0.05) is 12.8 Å². The lowest BCUT2D eigenvalue weighted by atomic mass is 10.0. The summed E-state index contributed by atoms with van der Waals surface area (Å²) in [5.41, 5.74) is -0.414. The highest BCUT2D eigenvalue weighted by Gasteiger charge is 2.41. The Kier molecular flexibility index (Phi) is 6.03. The van der Waals surface area contributed by atoms with E-state index in [-0.39, 0.29) is 36.6 Å². The number of Topliss-reactive ketones (excluding diaryl/α,β-unsaturated/α-hetero) is 1. The Labute approximate surface area is 151 Å². The monoisotopic (exact) mass is 373 g/mol. The van der Waals surface area contributed by atoms with Gasteiger partial charge in [-0.05, 0) is 38.8 Å². The molecule has 0 N–H and O–H groups in total. The number of rotatable bonds is 4. The quantitative estimate of drug-likeness (QED) is 0.789. The third kappa shape index (κ3) is 5.14. The number of ketones is 1. The van der Waals surface area contributed by atoms with Crippen LogP contribution in [0.15, 0.2) is 18.2 Å². The second-order valence-electron chi connectivity index (χ2n) is 7.16. The Hall–Kier alpha value is -1.69. The van der Waals surface area contributed by atoms with Gasteiger partial charge < -0.3 is 4.74 Å². The van der Waals surface area contributed by atoms with Crippen molar-refractivity contribution < 1.29 is 23.1 Å². The first kappa shape index (κ1) is 19.6. The summed E-state index contributed by atoms with van der Waals surface area (Å²) >= 11 is 5.72. The average molecular weight is 374 g/mol. The van der Waals surface area contributed by atoms with Crippen LogP contribution >= 0.6 is 11.6 Å². The maximum Gasteiger partial charge on any atom is 0.411 e. The Morgan fingerprint density at radius 1 is 1.36 bits per heavy atom. The van der Waals surface area contributed by atoms with Gasteiger partial charge in [-0.25, -0.2) is 13.6 Å². The van der Waals surface area contributed by atoms with Crippen LogP contribution in [0.3, 0.4) is 0 Å². The SMILES string of the molecule is CC(C)(C)OC(=O)N1C[C@H](F)C[C@H]1C(=O)CCc1cccc(Cl)c1F. The highest BCUT2D eigenvalue weighted by atomic mass is 35.5. The number of ether oxygens (including phenoxy) is 1. The molecule has 0 unspecified atom stereocenters. The predicted octanol–water partition coefficient (Wildman–Crippen LogP) is 4.33. The number of carbonyl (C=O) groups is 2. The summed E-state index contributed by atoms with van der Waals surface area (Å²) in [5.74, 6) is -0.874. The molecule has 7 heteroatoms.